The number of rotatable bonds is 3. The molecular formula is C12H20N4O. The highest BCUT2D eigenvalue weighted by Gasteiger charge is 2.26. The number of nitrogens with two attached hydrogens (primary N) is 1. The van der Waals surface area contributed by atoms with Crippen LogP contribution in [-0.4, -0.2) is 39.7 Å². The molecule has 1 fully saturated rings. The number of aryl methyl sites for hydroxylation is 2. The molecule has 1 unspecified atom stereocenters. The van der Waals surface area contributed by atoms with Crippen molar-refractivity contribution in [3.63, 3.8) is 0 Å². The van der Waals surface area contributed by atoms with Crippen molar-refractivity contribution in [3.8, 4) is 0 Å². The number of amides is 1. The third-order valence-corrected chi connectivity index (χ3v) is 3.22. The molecule has 0 spiro atoms. The Bertz CT molecular complexity index is 413. The molecule has 5 heteroatoms. The zero-order valence-corrected chi connectivity index (χ0v) is 10.5. The zero-order chi connectivity index (χ0) is 12.4. The molecule has 5 nitrogen and oxygen atoms in total. The Morgan fingerprint density at radius 3 is 2.88 bits per heavy atom. The van der Waals surface area contributed by atoms with Crippen LogP contribution in [0.1, 0.15) is 36.5 Å². The summed E-state index contributed by atoms with van der Waals surface area (Å²) in [6, 6.07) is 2.03. The molecule has 1 saturated heterocycles. The quantitative estimate of drug-likeness (QED) is 0.837. The van der Waals surface area contributed by atoms with Gasteiger partial charge in [-0.3, -0.25) is 9.48 Å². The summed E-state index contributed by atoms with van der Waals surface area (Å²) < 4.78 is 1.78. The highest BCUT2D eigenvalue weighted by Crippen LogP contribution is 2.14. The van der Waals surface area contributed by atoms with E-state index < -0.39 is 0 Å². The van der Waals surface area contributed by atoms with Crippen LogP contribution < -0.4 is 5.73 Å². The van der Waals surface area contributed by atoms with Gasteiger partial charge in [-0.1, -0.05) is 6.92 Å². The maximum absolute atomic E-state index is 12.3. The summed E-state index contributed by atoms with van der Waals surface area (Å²) in [4.78, 5) is 14.1. The standard InChI is InChI=1S/C12H20N4O/c1-3-10-7-11(16(4-2)14-10)12(17)15-6-5-9(13)8-15/h7,9H,3-6,8,13H2,1-2H3. The molecular weight excluding hydrogens is 216 g/mol. The van der Waals surface area contributed by atoms with Crippen LogP contribution in [0.4, 0.5) is 0 Å². The first kappa shape index (κ1) is 12.1. The maximum Gasteiger partial charge on any atom is 0.272 e. The molecule has 1 aliphatic rings. The van der Waals surface area contributed by atoms with Gasteiger partial charge in [0.2, 0.25) is 0 Å². The van der Waals surface area contributed by atoms with Crippen molar-refractivity contribution < 1.29 is 4.79 Å². The summed E-state index contributed by atoms with van der Waals surface area (Å²) in [7, 11) is 0. The predicted molar refractivity (Wildman–Crippen MR) is 65.8 cm³/mol. The molecule has 0 radical (unpaired) electrons. The lowest BCUT2D eigenvalue weighted by Crippen LogP contribution is -2.33. The van der Waals surface area contributed by atoms with Crippen molar-refractivity contribution in [2.24, 2.45) is 5.73 Å². The Labute approximate surface area is 102 Å². The van der Waals surface area contributed by atoms with E-state index >= 15 is 0 Å². The van der Waals surface area contributed by atoms with Gasteiger partial charge in [0.25, 0.3) is 5.91 Å². The minimum atomic E-state index is 0.0620. The van der Waals surface area contributed by atoms with Crippen molar-refractivity contribution in [2.75, 3.05) is 13.1 Å². The molecule has 2 heterocycles. The van der Waals surface area contributed by atoms with E-state index in [0.29, 0.717) is 12.2 Å². The van der Waals surface area contributed by atoms with Crippen molar-refractivity contribution in [2.45, 2.75) is 39.3 Å². The van der Waals surface area contributed by atoms with E-state index in [0.717, 1.165) is 31.6 Å². The van der Waals surface area contributed by atoms with Crippen LogP contribution in [0.3, 0.4) is 0 Å². The Kier molecular flexibility index (Phi) is 3.47. The average molecular weight is 236 g/mol. The Hall–Kier alpha value is -1.36. The van der Waals surface area contributed by atoms with E-state index in [1.165, 1.54) is 0 Å². The lowest BCUT2D eigenvalue weighted by molar-refractivity contribution is 0.0778. The molecule has 0 aliphatic carbocycles. The monoisotopic (exact) mass is 236 g/mol. The van der Waals surface area contributed by atoms with Crippen LogP contribution in [-0.2, 0) is 13.0 Å². The number of aromatic nitrogens is 2. The van der Waals surface area contributed by atoms with Gasteiger partial charge in [0.15, 0.2) is 0 Å². The van der Waals surface area contributed by atoms with Gasteiger partial charge in [-0.25, -0.2) is 0 Å². The second-order valence-electron chi connectivity index (χ2n) is 4.49. The van der Waals surface area contributed by atoms with Crippen LogP contribution in [0.2, 0.25) is 0 Å². The second-order valence-corrected chi connectivity index (χ2v) is 4.49. The predicted octanol–water partition coefficient (Wildman–Crippen LogP) is 0.639. The molecule has 1 aliphatic heterocycles. The molecule has 1 amide bonds. The first-order valence-electron chi connectivity index (χ1n) is 6.27. The molecule has 1 aromatic heterocycles. The van der Waals surface area contributed by atoms with Gasteiger partial charge in [-0.15, -0.1) is 0 Å². The van der Waals surface area contributed by atoms with Gasteiger partial charge in [0.05, 0.1) is 5.69 Å². The summed E-state index contributed by atoms with van der Waals surface area (Å²) in [5, 5.41) is 4.40. The van der Waals surface area contributed by atoms with E-state index in [2.05, 4.69) is 5.10 Å². The molecule has 2 N–H and O–H groups in total. The first-order valence-corrected chi connectivity index (χ1v) is 6.27. The van der Waals surface area contributed by atoms with Gasteiger partial charge < -0.3 is 10.6 Å². The lowest BCUT2D eigenvalue weighted by Gasteiger charge is -2.15. The molecule has 0 saturated carbocycles. The van der Waals surface area contributed by atoms with E-state index in [4.69, 9.17) is 5.73 Å². The van der Waals surface area contributed by atoms with Gasteiger partial charge in [0.1, 0.15) is 5.69 Å². The number of hydrogen-bond donors (Lipinski definition) is 1. The van der Waals surface area contributed by atoms with E-state index in [9.17, 15) is 4.79 Å². The van der Waals surface area contributed by atoms with Crippen LogP contribution in [0.15, 0.2) is 6.07 Å². The van der Waals surface area contributed by atoms with Crippen molar-refractivity contribution in [3.05, 3.63) is 17.5 Å². The van der Waals surface area contributed by atoms with Gasteiger partial charge in [-0.2, -0.15) is 5.10 Å². The molecule has 2 rings (SSSR count). The number of carbonyl (C=O) groups excluding carboxylic acids is 1. The van der Waals surface area contributed by atoms with E-state index in [1.807, 2.05) is 24.8 Å². The van der Waals surface area contributed by atoms with Gasteiger partial charge >= 0.3 is 0 Å². The summed E-state index contributed by atoms with van der Waals surface area (Å²) in [6.07, 6.45) is 1.75. The third kappa shape index (κ3) is 2.34. The smallest absolute Gasteiger partial charge is 0.272 e. The highest BCUT2D eigenvalue weighted by molar-refractivity contribution is 5.93. The van der Waals surface area contributed by atoms with Crippen LogP contribution in [0.25, 0.3) is 0 Å². The zero-order valence-electron chi connectivity index (χ0n) is 10.5. The van der Waals surface area contributed by atoms with Crippen LogP contribution in [0.5, 0.6) is 0 Å². The van der Waals surface area contributed by atoms with Crippen molar-refractivity contribution >= 4 is 5.91 Å². The topological polar surface area (TPSA) is 64.2 Å². The lowest BCUT2D eigenvalue weighted by atomic mass is 10.3. The van der Waals surface area contributed by atoms with E-state index in [-0.39, 0.29) is 11.9 Å². The fraction of sp³-hybridized carbons (Fsp3) is 0.667. The van der Waals surface area contributed by atoms with Gasteiger partial charge in [0, 0.05) is 25.7 Å². The SMILES string of the molecule is CCc1cc(C(=O)N2CCC(N)C2)n(CC)n1. The molecule has 1 atom stereocenters. The average Bonchev–Trinajstić information content (AvgIpc) is 2.93. The number of hydrogen-bond acceptors (Lipinski definition) is 3. The van der Waals surface area contributed by atoms with Crippen molar-refractivity contribution in [1.29, 1.82) is 0 Å². The fourth-order valence-electron chi connectivity index (χ4n) is 2.19. The Morgan fingerprint density at radius 2 is 2.35 bits per heavy atom. The minimum Gasteiger partial charge on any atom is -0.336 e. The summed E-state index contributed by atoms with van der Waals surface area (Å²) in [5.41, 5.74) is 7.49. The Morgan fingerprint density at radius 1 is 1.59 bits per heavy atom. The minimum absolute atomic E-state index is 0.0620. The summed E-state index contributed by atoms with van der Waals surface area (Å²) in [6.45, 7) is 6.19. The normalized spacial score (nSPS) is 19.9. The van der Waals surface area contributed by atoms with Gasteiger partial charge in [-0.05, 0) is 25.8 Å². The van der Waals surface area contributed by atoms with Crippen LogP contribution >= 0.6 is 0 Å². The van der Waals surface area contributed by atoms with E-state index in [1.54, 1.807) is 4.68 Å². The summed E-state index contributed by atoms with van der Waals surface area (Å²) in [5.74, 6) is 0.0620. The number of nitrogens with zero attached hydrogens (tertiary/aromatic N) is 3. The number of likely N-dealkylation sites (tertiary alicyclic amines) is 1. The van der Waals surface area contributed by atoms with Crippen molar-refractivity contribution in [1.82, 2.24) is 14.7 Å². The molecule has 94 valence electrons. The Balaban J connectivity index is 2.20. The largest absolute Gasteiger partial charge is 0.336 e. The molecule has 1 aromatic rings. The highest BCUT2D eigenvalue weighted by atomic mass is 16.2. The number of carbonyl (C=O) groups is 1. The molecule has 0 bridgehead atoms. The molecule has 0 aromatic carbocycles. The first-order chi connectivity index (χ1) is 8.15. The second kappa shape index (κ2) is 4.87. The van der Waals surface area contributed by atoms with Crippen LogP contribution in [0, 0.1) is 0 Å². The maximum atomic E-state index is 12.3. The fourth-order valence-corrected chi connectivity index (χ4v) is 2.19. The summed E-state index contributed by atoms with van der Waals surface area (Å²) >= 11 is 0. The third-order valence-electron chi connectivity index (χ3n) is 3.22. The molecule has 17 heavy (non-hydrogen) atoms.